The second-order valence-electron chi connectivity index (χ2n) is 4.52. The van der Waals surface area contributed by atoms with Gasteiger partial charge in [0.15, 0.2) is 16.8 Å². The summed E-state index contributed by atoms with van der Waals surface area (Å²) in [7, 11) is 1.54. The highest BCUT2D eigenvalue weighted by atomic mass is 16.5. The monoisotopic (exact) mass is 284 g/mol. The van der Waals surface area contributed by atoms with Crippen LogP contribution in [0.15, 0.2) is 51.7 Å². The molecular weight excluding hydrogens is 272 g/mol. The molecule has 0 saturated heterocycles. The maximum Gasteiger partial charge on any atom is 0.201 e. The minimum absolute atomic E-state index is 0.0414. The Bertz CT molecular complexity index is 879. The van der Waals surface area contributed by atoms with E-state index >= 15 is 0 Å². The Morgan fingerprint density at radius 2 is 1.90 bits per heavy atom. The minimum atomic E-state index is -0.450. The predicted molar refractivity (Wildman–Crippen MR) is 77.8 cm³/mol. The molecule has 106 valence electrons. The molecule has 2 N–H and O–H groups in total. The number of hydrogen-bond donors (Lipinski definition) is 2. The molecule has 0 radical (unpaired) electrons. The molecular formula is C16H12O5. The first kappa shape index (κ1) is 13.1. The third-order valence-electron chi connectivity index (χ3n) is 3.20. The van der Waals surface area contributed by atoms with Crippen LogP contribution in [-0.2, 0) is 0 Å². The SMILES string of the molecule is COc1cccc(-c2cc(=O)c3ccc(O)c(O)c3o2)c1. The van der Waals surface area contributed by atoms with E-state index in [0.29, 0.717) is 11.3 Å². The zero-order valence-corrected chi connectivity index (χ0v) is 11.2. The Labute approximate surface area is 119 Å². The largest absolute Gasteiger partial charge is 0.504 e. The maximum atomic E-state index is 12.1. The van der Waals surface area contributed by atoms with E-state index in [4.69, 9.17) is 9.15 Å². The van der Waals surface area contributed by atoms with Gasteiger partial charge in [-0.1, -0.05) is 12.1 Å². The molecule has 0 aliphatic carbocycles. The fourth-order valence-electron chi connectivity index (χ4n) is 2.11. The lowest BCUT2D eigenvalue weighted by atomic mass is 10.1. The van der Waals surface area contributed by atoms with Gasteiger partial charge < -0.3 is 19.4 Å². The summed E-state index contributed by atoms with van der Waals surface area (Å²) in [5.41, 5.74) is 0.292. The lowest BCUT2D eigenvalue weighted by Gasteiger charge is -2.07. The van der Waals surface area contributed by atoms with Crippen molar-refractivity contribution in [2.45, 2.75) is 0 Å². The van der Waals surface area contributed by atoms with Crippen LogP contribution in [0.1, 0.15) is 0 Å². The van der Waals surface area contributed by atoms with Crippen LogP contribution in [0, 0.1) is 0 Å². The Morgan fingerprint density at radius 1 is 1.10 bits per heavy atom. The molecule has 0 spiro atoms. The third kappa shape index (κ3) is 2.18. The summed E-state index contributed by atoms with van der Waals surface area (Å²) in [6.45, 7) is 0. The molecule has 0 saturated carbocycles. The van der Waals surface area contributed by atoms with Gasteiger partial charge in [0.1, 0.15) is 11.5 Å². The van der Waals surface area contributed by atoms with Crippen LogP contribution < -0.4 is 10.2 Å². The zero-order valence-electron chi connectivity index (χ0n) is 11.2. The quantitative estimate of drug-likeness (QED) is 0.707. The van der Waals surface area contributed by atoms with Crippen molar-refractivity contribution in [3.05, 3.63) is 52.7 Å². The summed E-state index contributed by atoms with van der Waals surface area (Å²) in [6, 6.07) is 11.0. The molecule has 0 bridgehead atoms. The highest BCUT2D eigenvalue weighted by Gasteiger charge is 2.13. The fraction of sp³-hybridized carbons (Fsp3) is 0.0625. The summed E-state index contributed by atoms with van der Waals surface area (Å²) in [4.78, 5) is 12.1. The second kappa shape index (κ2) is 4.86. The standard InChI is InChI=1S/C16H12O5/c1-20-10-4-2-3-9(7-10)14-8-13(18)11-5-6-12(17)15(19)16(11)21-14/h2-8,17,19H,1H3. The average Bonchev–Trinajstić information content (AvgIpc) is 2.51. The van der Waals surface area contributed by atoms with Crippen molar-refractivity contribution in [1.82, 2.24) is 0 Å². The number of aromatic hydroxyl groups is 2. The Balaban J connectivity index is 2.29. The number of rotatable bonds is 2. The van der Waals surface area contributed by atoms with Crippen molar-refractivity contribution < 1.29 is 19.4 Å². The van der Waals surface area contributed by atoms with Crippen LogP contribution in [0.25, 0.3) is 22.3 Å². The number of benzene rings is 2. The van der Waals surface area contributed by atoms with Gasteiger partial charge in [0.25, 0.3) is 0 Å². The Kier molecular flexibility index (Phi) is 3.02. The molecule has 3 aromatic rings. The Morgan fingerprint density at radius 3 is 2.67 bits per heavy atom. The first-order valence-corrected chi connectivity index (χ1v) is 6.23. The van der Waals surface area contributed by atoms with Gasteiger partial charge in [0.05, 0.1) is 12.5 Å². The smallest absolute Gasteiger partial charge is 0.201 e. The second-order valence-corrected chi connectivity index (χ2v) is 4.52. The zero-order chi connectivity index (χ0) is 15.0. The topological polar surface area (TPSA) is 79.9 Å². The van der Waals surface area contributed by atoms with Gasteiger partial charge in [-0.05, 0) is 24.3 Å². The first-order valence-electron chi connectivity index (χ1n) is 6.23. The van der Waals surface area contributed by atoms with Crippen LogP contribution in [0.4, 0.5) is 0 Å². The van der Waals surface area contributed by atoms with Crippen molar-refractivity contribution >= 4 is 11.0 Å². The van der Waals surface area contributed by atoms with Crippen molar-refractivity contribution in [2.24, 2.45) is 0 Å². The van der Waals surface area contributed by atoms with E-state index in [-0.39, 0.29) is 27.9 Å². The van der Waals surface area contributed by atoms with Gasteiger partial charge in [-0.25, -0.2) is 0 Å². The number of phenols is 2. The molecule has 0 unspecified atom stereocenters. The molecule has 5 heteroatoms. The molecule has 0 fully saturated rings. The van der Waals surface area contributed by atoms with Gasteiger partial charge in [-0.15, -0.1) is 0 Å². The average molecular weight is 284 g/mol. The Hall–Kier alpha value is -2.95. The van der Waals surface area contributed by atoms with Gasteiger partial charge >= 0.3 is 0 Å². The minimum Gasteiger partial charge on any atom is -0.504 e. The van der Waals surface area contributed by atoms with Crippen LogP contribution in [-0.4, -0.2) is 17.3 Å². The molecule has 2 aromatic carbocycles. The van der Waals surface area contributed by atoms with Gasteiger partial charge in [0.2, 0.25) is 5.75 Å². The molecule has 21 heavy (non-hydrogen) atoms. The highest BCUT2D eigenvalue weighted by Crippen LogP contribution is 2.34. The van der Waals surface area contributed by atoms with Crippen LogP contribution >= 0.6 is 0 Å². The summed E-state index contributed by atoms with van der Waals surface area (Å²) >= 11 is 0. The third-order valence-corrected chi connectivity index (χ3v) is 3.20. The van der Waals surface area contributed by atoms with E-state index in [9.17, 15) is 15.0 Å². The van der Waals surface area contributed by atoms with Crippen LogP contribution in [0.3, 0.4) is 0 Å². The number of fused-ring (bicyclic) bond motifs is 1. The van der Waals surface area contributed by atoms with Gasteiger partial charge in [0, 0.05) is 11.6 Å². The molecule has 5 nitrogen and oxygen atoms in total. The molecule has 0 aliphatic rings. The lowest BCUT2D eigenvalue weighted by Crippen LogP contribution is -2.00. The maximum absolute atomic E-state index is 12.1. The van der Waals surface area contributed by atoms with Crippen molar-refractivity contribution in [3.8, 4) is 28.6 Å². The van der Waals surface area contributed by atoms with E-state index in [1.54, 1.807) is 31.4 Å². The van der Waals surface area contributed by atoms with E-state index in [2.05, 4.69) is 0 Å². The molecule has 1 heterocycles. The summed E-state index contributed by atoms with van der Waals surface area (Å²) in [5.74, 6) is 0.116. The lowest BCUT2D eigenvalue weighted by molar-refractivity contribution is 0.400. The number of methoxy groups -OCH3 is 1. The van der Waals surface area contributed by atoms with Gasteiger partial charge in [-0.3, -0.25) is 4.79 Å². The van der Waals surface area contributed by atoms with Crippen molar-refractivity contribution in [3.63, 3.8) is 0 Å². The summed E-state index contributed by atoms with van der Waals surface area (Å²) in [6.07, 6.45) is 0. The highest BCUT2D eigenvalue weighted by molar-refractivity contribution is 5.86. The fourth-order valence-corrected chi connectivity index (χ4v) is 2.11. The number of phenolic OH excluding ortho intramolecular Hbond substituents is 2. The van der Waals surface area contributed by atoms with E-state index < -0.39 is 5.75 Å². The van der Waals surface area contributed by atoms with Gasteiger partial charge in [-0.2, -0.15) is 0 Å². The molecule has 1 aromatic heterocycles. The molecule has 0 atom stereocenters. The number of ether oxygens (including phenoxy) is 1. The molecule has 0 aliphatic heterocycles. The van der Waals surface area contributed by atoms with E-state index in [1.165, 1.54) is 18.2 Å². The predicted octanol–water partition coefficient (Wildman–Crippen LogP) is 2.88. The van der Waals surface area contributed by atoms with E-state index in [1.807, 2.05) is 0 Å². The summed E-state index contributed by atoms with van der Waals surface area (Å²) < 4.78 is 10.7. The van der Waals surface area contributed by atoms with E-state index in [0.717, 1.165) is 0 Å². The molecule has 3 rings (SSSR count). The van der Waals surface area contributed by atoms with Crippen LogP contribution in [0.5, 0.6) is 17.2 Å². The first-order chi connectivity index (χ1) is 10.1. The molecule has 0 amide bonds. The van der Waals surface area contributed by atoms with Crippen molar-refractivity contribution in [2.75, 3.05) is 7.11 Å². The number of hydrogen-bond acceptors (Lipinski definition) is 5. The van der Waals surface area contributed by atoms with Crippen LogP contribution in [0.2, 0.25) is 0 Å². The van der Waals surface area contributed by atoms with Crippen molar-refractivity contribution in [1.29, 1.82) is 0 Å². The summed E-state index contributed by atoms with van der Waals surface area (Å²) in [5, 5.41) is 19.6. The normalized spacial score (nSPS) is 10.7.